The molecule has 0 saturated heterocycles. The highest BCUT2D eigenvalue weighted by Gasteiger charge is 2.31. The van der Waals surface area contributed by atoms with Gasteiger partial charge in [-0.15, -0.1) is 11.3 Å². The van der Waals surface area contributed by atoms with Gasteiger partial charge in [0.2, 0.25) is 0 Å². The summed E-state index contributed by atoms with van der Waals surface area (Å²) < 4.78 is 1.24. The van der Waals surface area contributed by atoms with Crippen molar-refractivity contribution in [1.29, 1.82) is 0 Å². The molecule has 0 radical (unpaired) electrons. The zero-order chi connectivity index (χ0) is 12.3. The molecule has 1 aliphatic rings. The maximum atomic E-state index is 3.76. The molecule has 1 unspecified atom stereocenters. The molecular formula is C14H22BrNS. The quantitative estimate of drug-likeness (QED) is 0.855. The molecule has 1 nitrogen and oxygen atoms in total. The van der Waals surface area contributed by atoms with Gasteiger partial charge < -0.3 is 5.32 Å². The van der Waals surface area contributed by atoms with Crippen molar-refractivity contribution in [1.82, 2.24) is 5.32 Å². The molecule has 1 aliphatic carbocycles. The normalized spacial score (nSPS) is 23.8. The Hall–Kier alpha value is 0.140. The van der Waals surface area contributed by atoms with Crippen LogP contribution in [0.4, 0.5) is 0 Å². The molecule has 17 heavy (non-hydrogen) atoms. The van der Waals surface area contributed by atoms with Crippen molar-refractivity contribution >= 4 is 27.3 Å². The molecule has 1 aromatic rings. The maximum Gasteiger partial charge on any atom is 0.0701 e. The van der Waals surface area contributed by atoms with Crippen molar-refractivity contribution in [3.63, 3.8) is 0 Å². The topological polar surface area (TPSA) is 12.0 Å². The monoisotopic (exact) mass is 315 g/mol. The molecule has 96 valence electrons. The highest BCUT2D eigenvalue weighted by atomic mass is 79.9. The molecule has 1 aromatic heterocycles. The standard InChI is InChI=1S/C14H22BrNS/c1-14(2)9-4-3-5-12(14)16-10-8-11-6-7-13(15)17-11/h6-7,12,16H,3-5,8-10H2,1-2H3. The van der Waals surface area contributed by atoms with Crippen LogP contribution in [0, 0.1) is 5.41 Å². The lowest BCUT2D eigenvalue weighted by atomic mass is 9.73. The first-order chi connectivity index (χ1) is 8.08. The number of rotatable bonds is 4. The second-order valence-electron chi connectivity index (χ2n) is 5.70. The zero-order valence-electron chi connectivity index (χ0n) is 10.8. The lowest BCUT2D eigenvalue weighted by Gasteiger charge is -2.39. The first kappa shape index (κ1) is 13.6. The Morgan fingerprint density at radius 2 is 2.24 bits per heavy atom. The predicted octanol–water partition coefficient (Wildman–Crippen LogP) is 4.61. The second kappa shape index (κ2) is 5.85. The molecule has 1 atom stereocenters. The van der Waals surface area contributed by atoms with Crippen molar-refractivity contribution < 1.29 is 0 Å². The first-order valence-electron chi connectivity index (χ1n) is 6.55. The fourth-order valence-corrected chi connectivity index (χ4v) is 4.21. The summed E-state index contributed by atoms with van der Waals surface area (Å²) in [4.78, 5) is 1.47. The molecule has 0 bridgehead atoms. The third-order valence-electron chi connectivity index (χ3n) is 3.90. The third kappa shape index (κ3) is 3.80. The van der Waals surface area contributed by atoms with Crippen LogP contribution >= 0.6 is 27.3 Å². The summed E-state index contributed by atoms with van der Waals surface area (Å²) in [6.45, 7) is 5.93. The van der Waals surface area contributed by atoms with E-state index in [1.165, 1.54) is 34.3 Å². The van der Waals surface area contributed by atoms with E-state index in [4.69, 9.17) is 0 Å². The highest BCUT2D eigenvalue weighted by molar-refractivity contribution is 9.11. The van der Waals surface area contributed by atoms with Crippen LogP contribution in [-0.4, -0.2) is 12.6 Å². The fraction of sp³-hybridized carbons (Fsp3) is 0.714. The minimum absolute atomic E-state index is 0.480. The maximum absolute atomic E-state index is 3.76. The van der Waals surface area contributed by atoms with Crippen LogP contribution in [-0.2, 0) is 6.42 Å². The molecular weight excluding hydrogens is 294 g/mol. The van der Waals surface area contributed by atoms with Gasteiger partial charge in [0.05, 0.1) is 3.79 Å². The van der Waals surface area contributed by atoms with Crippen LogP contribution in [0.3, 0.4) is 0 Å². The number of hydrogen-bond donors (Lipinski definition) is 1. The van der Waals surface area contributed by atoms with Crippen molar-refractivity contribution in [3.05, 3.63) is 20.8 Å². The Morgan fingerprint density at radius 3 is 2.88 bits per heavy atom. The van der Waals surface area contributed by atoms with E-state index in [0.29, 0.717) is 11.5 Å². The Morgan fingerprint density at radius 1 is 1.41 bits per heavy atom. The summed E-state index contributed by atoms with van der Waals surface area (Å²) in [6, 6.07) is 5.08. The van der Waals surface area contributed by atoms with Crippen LogP contribution in [0.25, 0.3) is 0 Å². The van der Waals surface area contributed by atoms with E-state index < -0.39 is 0 Å². The van der Waals surface area contributed by atoms with E-state index in [-0.39, 0.29) is 0 Å². The summed E-state index contributed by atoms with van der Waals surface area (Å²) in [5.74, 6) is 0. The zero-order valence-corrected chi connectivity index (χ0v) is 13.2. The molecule has 1 N–H and O–H groups in total. The van der Waals surface area contributed by atoms with E-state index in [1.807, 2.05) is 11.3 Å². The number of halogens is 1. The van der Waals surface area contributed by atoms with Gasteiger partial charge in [0.1, 0.15) is 0 Å². The lowest BCUT2D eigenvalue weighted by Crippen LogP contribution is -2.44. The number of nitrogens with one attached hydrogen (secondary N) is 1. The van der Waals surface area contributed by atoms with Crippen molar-refractivity contribution in [2.45, 2.75) is 52.0 Å². The average Bonchev–Trinajstić information content (AvgIpc) is 2.67. The van der Waals surface area contributed by atoms with Crippen LogP contribution < -0.4 is 5.32 Å². The summed E-state index contributed by atoms with van der Waals surface area (Å²) in [6.07, 6.45) is 6.67. The van der Waals surface area contributed by atoms with Crippen LogP contribution in [0.5, 0.6) is 0 Å². The van der Waals surface area contributed by atoms with Gasteiger partial charge in [-0.3, -0.25) is 0 Å². The molecule has 0 spiro atoms. The van der Waals surface area contributed by atoms with Gasteiger partial charge in [-0.1, -0.05) is 26.7 Å². The molecule has 0 aliphatic heterocycles. The Bertz CT molecular complexity index is 359. The van der Waals surface area contributed by atoms with Gasteiger partial charge in [0.25, 0.3) is 0 Å². The second-order valence-corrected chi connectivity index (χ2v) is 8.24. The van der Waals surface area contributed by atoms with Gasteiger partial charge in [-0.2, -0.15) is 0 Å². The minimum atomic E-state index is 0.480. The highest BCUT2D eigenvalue weighted by Crippen LogP contribution is 2.35. The fourth-order valence-electron chi connectivity index (χ4n) is 2.73. The largest absolute Gasteiger partial charge is 0.313 e. The SMILES string of the molecule is CC1(C)CCCCC1NCCc1ccc(Br)s1. The van der Waals surface area contributed by atoms with Gasteiger partial charge in [0.15, 0.2) is 0 Å². The minimum Gasteiger partial charge on any atom is -0.313 e. The van der Waals surface area contributed by atoms with Crippen LogP contribution in [0.1, 0.15) is 44.4 Å². The number of hydrogen-bond acceptors (Lipinski definition) is 2. The summed E-state index contributed by atoms with van der Waals surface area (Å²) in [7, 11) is 0. The van der Waals surface area contributed by atoms with E-state index in [9.17, 15) is 0 Å². The molecule has 1 fully saturated rings. The summed E-state index contributed by atoms with van der Waals surface area (Å²) in [5.41, 5.74) is 0.480. The predicted molar refractivity (Wildman–Crippen MR) is 79.8 cm³/mol. The van der Waals surface area contributed by atoms with Gasteiger partial charge in [-0.25, -0.2) is 0 Å². The van der Waals surface area contributed by atoms with Crippen molar-refractivity contribution in [3.8, 4) is 0 Å². The smallest absolute Gasteiger partial charge is 0.0701 e. The molecule has 0 amide bonds. The van der Waals surface area contributed by atoms with Crippen LogP contribution in [0.2, 0.25) is 0 Å². The van der Waals surface area contributed by atoms with Gasteiger partial charge >= 0.3 is 0 Å². The Balaban J connectivity index is 1.77. The average molecular weight is 316 g/mol. The van der Waals surface area contributed by atoms with Crippen molar-refractivity contribution in [2.24, 2.45) is 5.41 Å². The van der Waals surface area contributed by atoms with E-state index in [0.717, 1.165) is 13.0 Å². The lowest BCUT2D eigenvalue weighted by molar-refractivity contribution is 0.169. The van der Waals surface area contributed by atoms with Crippen molar-refractivity contribution in [2.75, 3.05) is 6.54 Å². The third-order valence-corrected chi connectivity index (χ3v) is 5.58. The van der Waals surface area contributed by atoms with E-state index >= 15 is 0 Å². The Kier molecular flexibility index (Phi) is 4.67. The molecule has 0 aromatic carbocycles. The Labute approximate surface area is 117 Å². The van der Waals surface area contributed by atoms with E-state index in [1.54, 1.807) is 0 Å². The summed E-state index contributed by atoms with van der Waals surface area (Å²) >= 11 is 5.37. The molecule has 1 saturated carbocycles. The van der Waals surface area contributed by atoms with Gasteiger partial charge in [0, 0.05) is 17.5 Å². The van der Waals surface area contributed by atoms with E-state index in [2.05, 4.69) is 47.2 Å². The van der Waals surface area contributed by atoms with Crippen LogP contribution in [0.15, 0.2) is 15.9 Å². The molecule has 2 rings (SSSR count). The molecule has 3 heteroatoms. The molecule has 1 heterocycles. The first-order valence-corrected chi connectivity index (χ1v) is 8.16. The van der Waals surface area contributed by atoms with Gasteiger partial charge in [-0.05, 0) is 52.7 Å². The summed E-state index contributed by atoms with van der Waals surface area (Å²) in [5, 5.41) is 3.76. The number of thiophene rings is 1.